The molecule has 0 bridgehead atoms. The van der Waals surface area contributed by atoms with Gasteiger partial charge in [0.15, 0.2) is 0 Å². The predicted molar refractivity (Wildman–Crippen MR) is 76.7 cm³/mol. The van der Waals surface area contributed by atoms with Crippen LogP contribution >= 0.6 is 0 Å². The number of methoxy groups -OCH3 is 1. The first-order valence-electron chi connectivity index (χ1n) is 6.36. The largest absolute Gasteiger partial charge is 0.497 e. The lowest BCUT2D eigenvalue weighted by Gasteiger charge is -2.20. The molecule has 2 rings (SSSR count). The molecule has 0 radical (unpaired) electrons. The highest BCUT2D eigenvalue weighted by atomic mass is 16.5. The first-order chi connectivity index (χ1) is 9.29. The van der Waals surface area contributed by atoms with Gasteiger partial charge in [-0.25, -0.2) is 0 Å². The molecule has 0 aliphatic rings. The number of hydrogen-bond donors (Lipinski definition) is 1. The van der Waals surface area contributed by atoms with Gasteiger partial charge in [-0.1, -0.05) is 6.07 Å². The van der Waals surface area contributed by atoms with Gasteiger partial charge in [0.25, 0.3) is 0 Å². The molecule has 0 saturated heterocycles. The van der Waals surface area contributed by atoms with Crippen molar-refractivity contribution in [1.29, 1.82) is 0 Å². The molecule has 2 aromatic rings. The minimum atomic E-state index is 0.836. The Morgan fingerprint density at radius 1 is 1.32 bits per heavy atom. The van der Waals surface area contributed by atoms with Crippen molar-refractivity contribution >= 4 is 5.69 Å². The molecule has 4 nitrogen and oxygen atoms in total. The second-order valence-electron chi connectivity index (χ2n) is 4.43. The van der Waals surface area contributed by atoms with Gasteiger partial charge in [0.1, 0.15) is 5.75 Å². The number of nitrogens with zero attached hydrogens (tertiary/aromatic N) is 1. The highest BCUT2D eigenvalue weighted by Crippen LogP contribution is 2.19. The quantitative estimate of drug-likeness (QED) is 0.776. The summed E-state index contributed by atoms with van der Waals surface area (Å²) in [6.07, 6.45) is 3.46. The molecule has 0 atom stereocenters. The van der Waals surface area contributed by atoms with Gasteiger partial charge in [-0.15, -0.1) is 0 Å². The maximum atomic E-state index is 5.23. The van der Waals surface area contributed by atoms with E-state index in [1.807, 2.05) is 24.3 Å². The van der Waals surface area contributed by atoms with Crippen molar-refractivity contribution in [1.82, 2.24) is 5.32 Å². The molecule has 0 aliphatic heterocycles. The number of anilines is 1. The second kappa shape index (κ2) is 6.85. The maximum absolute atomic E-state index is 5.23. The van der Waals surface area contributed by atoms with Crippen LogP contribution in [0.15, 0.2) is 47.3 Å². The average molecular weight is 260 g/mol. The maximum Gasteiger partial charge on any atom is 0.120 e. The highest BCUT2D eigenvalue weighted by molar-refractivity contribution is 5.50. The number of rotatable bonds is 7. The number of likely N-dealkylation sites (N-methyl/N-ethyl adjacent to an activating group) is 1. The van der Waals surface area contributed by atoms with E-state index < -0.39 is 0 Å². The third kappa shape index (κ3) is 4.03. The first kappa shape index (κ1) is 13.5. The minimum Gasteiger partial charge on any atom is -0.497 e. The molecule has 1 heterocycles. The molecule has 19 heavy (non-hydrogen) atoms. The van der Waals surface area contributed by atoms with Crippen LogP contribution in [0.5, 0.6) is 5.75 Å². The van der Waals surface area contributed by atoms with Crippen LogP contribution in [-0.4, -0.2) is 27.2 Å². The molecule has 0 aliphatic carbocycles. The summed E-state index contributed by atoms with van der Waals surface area (Å²) < 4.78 is 10.3. The Kier molecular flexibility index (Phi) is 4.86. The van der Waals surface area contributed by atoms with Crippen molar-refractivity contribution in [2.75, 3.05) is 32.1 Å². The summed E-state index contributed by atoms with van der Waals surface area (Å²) in [6.45, 7) is 2.69. The summed E-state index contributed by atoms with van der Waals surface area (Å²) in [5.41, 5.74) is 2.33. The van der Waals surface area contributed by atoms with E-state index in [0.29, 0.717) is 0 Å². The van der Waals surface area contributed by atoms with E-state index in [0.717, 1.165) is 31.1 Å². The fraction of sp³-hybridized carbons (Fsp3) is 0.333. The van der Waals surface area contributed by atoms with E-state index in [9.17, 15) is 0 Å². The highest BCUT2D eigenvalue weighted by Gasteiger charge is 2.02. The van der Waals surface area contributed by atoms with Gasteiger partial charge in [0.2, 0.25) is 0 Å². The number of nitrogens with one attached hydrogen (secondary N) is 1. The molecule has 4 heteroatoms. The number of benzene rings is 1. The lowest BCUT2D eigenvalue weighted by atomic mass is 10.3. The van der Waals surface area contributed by atoms with Gasteiger partial charge in [0, 0.05) is 44.0 Å². The van der Waals surface area contributed by atoms with Crippen molar-refractivity contribution in [3.8, 4) is 5.75 Å². The van der Waals surface area contributed by atoms with Gasteiger partial charge in [0.05, 0.1) is 19.6 Å². The number of hydrogen-bond acceptors (Lipinski definition) is 4. The van der Waals surface area contributed by atoms with Crippen molar-refractivity contribution in [3.05, 3.63) is 48.4 Å². The van der Waals surface area contributed by atoms with E-state index in [4.69, 9.17) is 9.15 Å². The molecular weight excluding hydrogens is 240 g/mol. The summed E-state index contributed by atoms with van der Waals surface area (Å²) in [5.74, 6) is 0.885. The monoisotopic (exact) mass is 260 g/mol. The zero-order valence-electron chi connectivity index (χ0n) is 11.4. The van der Waals surface area contributed by atoms with Crippen LogP contribution in [0, 0.1) is 0 Å². The fourth-order valence-corrected chi connectivity index (χ4v) is 1.85. The Labute approximate surface area is 114 Å². The molecule has 0 amide bonds. The second-order valence-corrected chi connectivity index (χ2v) is 4.43. The Bertz CT molecular complexity index is 483. The lowest BCUT2D eigenvalue weighted by molar-refractivity contribution is 0.415. The Hall–Kier alpha value is -1.94. The zero-order chi connectivity index (χ0) is 13.5. The molecule has 1 N–H and O–H groups in total. The minimum absolute atomic E-state index is 0.836. The Morgan fingerprint density at radius 2 is 2.21 bits per heavy atom. The van der Waals surface area contributed by atoms with E-state index in [-0.39, 0.29) is 0 Å². The van der Waals surface area contributed by atoms with E-state index in [2.05, 4.69) is 23.3 Å². The zero-order valence-corrected chi connectivity index (χ0v) is 11.4. The van der Waals surface area contributed by atoms with Crippen molar-refractivity contribution in [3.63, 3.8) is 0 Å². The summed E-state index contributed by atoms with van der Waals surface area (Å²) in [5, 5.41) is 3.38. The van der Waals surface area contributed by atoms with Crippen LogP contribution in [0.1, 0.15) is 5.56 Å². The lowest BCUT2D eigenvalue weighted by Crippen LogP contribution is -2.28. The summed E-state index contributed by atoms with van der Waals surface area (Å²) in [7, 11) is 3.76. The molecule has 0 unspecified atom stereocenters. The van der Waals surface area contributed by atoms with E-state index in [1.165, 1.54) is 5.56 Å². The molecule has 0 spiro atoms. The van der Waals surface area contributed by atoms with Crippen LogP contribution in [0.25, 0.3) is 0 Å². The fourth-order valence-electron chi connectivity index (χ4n) is 1.85. The van der Waals surface area contributed by atoms with Gasteiger partial charge in [-0.3, -0.25) is 0 Å². The van der Waals surface area contributed by atoms with Crippen molar-refractivity contribution < 1.29 is 9.15 Å². The van der Waals surface area contributed by atoms with Crippen LogP contribution in [0.4, 0.5) is 5.69 Å². The summed E-state index contributed by atoms with van der Waals surface area (Å²) >= 11 is 0. The third-order valence-corrected chi connectivity index (χ3v) is 3.03. The number of ether oxygens (including phenoxy) is 1. The Balaban J connectivity index is 1.75. The first-order valence-corrected chi connectivity index (χ1v) is 6.36. The van der Waals surface area contributed by atoms with E-state index >= 15 is 0 Å². The van der Waals surface area contributed by atoms with Crippen molar-refractivity contribution in [2.45, 2.75) is 6.54 Å². The molecular formula is C15H20N2O2. The van der Waals surface area contributed by atoms with Gasteiger partial charge >= 0.3 is 0 Å². The molecule has 1 aromatic heterocycles. The normalized spacial score (nSPS) is 10.4. The van der Waals surface area contributed by atoms with Gasteiger partial charge in [-0.05, 0) is 18.2 Å². The van der Waals surface area contributed by atoms with Gasteiger partial charge < -0.3 is 19.4 Å². The van der Waals surface area contributed by atoms with Crippen LogP contribution in [-0.2, 0) is 6.54 Å². The standard InChI is InChI=1S/C15H20N2O2/c1-17(14-4-3-5-15(10-14)18-2)8-7-16-11-13-6-9-19-12-13/h3-6,9-10,12,16H,7-8,11H2,1-2H3. The molecule has 102 valence electrons. The number of furan rings is 1. The van der Waals surface area contributed by atoms with Crippen LogP contribution < -0.4 is 15.0 Å². The predicted octanol–water partition coefficient (Wildman–Crippen LogP) is 2.51. The molecule has 0 saturated carbocycles. The molecule has 0 fully saturated rings. The smallest absolute Gasteiger partial charge is 0.120 e. The van der Waals surface area contributed by atoms with Crippen LogP contribution in [0.3, 0.4) is 0 Å². The third-order valence-electron chi connectivity index (χ3n) is 3.03. The van der Waals surface area contributed by atoms with E-state index in [1.54, 1.807) is 19.6 Å². The summed E-state index contributed by atoms with van der Waals surface area (Å²) in [4.78, 5) is 2.20. The van der Waals surface area contributed by atoms with Crippen molar-refractivity contribution in [2.24, 2.45) is 0 Å². The van der Waals surface area contributed by atoms with Gasteiger partial charge in [-0.2, -0.15) is 0 Å². The SMILES string of the molecule is COc1cccc(N(C)CCNCc2ccoc2)c1. The topological polar surface area (TPSA) is 37.6 Å². The molecule has 1 aromatic carbocycles. The Morgan fingerprint density at radius 3 is 2.95 bits per heavy atom. The average Bonchev–Trinajstić information content (AvgIpc) is 2.96. The van der Waals surface area contributed by atoms with Crippen LogP contribution in [0.2, 0.25) is 0 Å². The summed E-state index contributed by atoms with van der Waals surface area (Å²) in [6, 6.07) is 10.0.